The Bertz CT molecular complexity index is 1000. The maximum absolute atomic E-state index is 11.4. The van der Waals surface area contributed by atoms with Crippen LogP contribution in [0.5, 0.6) is 0 Å². The van der Waals surface area contributed by atoms with Gasteiger partial charge in [-0.3, -0.25) is 25.0 Å². The number of carboxylic acids is 1. The fraction of sp³-hybridized carbons (Fsp3) is 0.286. The molecule has 0 saturated carbocycles. The predicted octanol–water partition coefficient (Wildman–Crippen LogP) is 3.08. The van der Waals surface area contributed by atoms with Crippen molar-refractivity contribution in [1.82, 2.24) is 0 Å². The normalized spacial score (nSPS) is 12.7. The zero-order valence-corrected chi connectivity index (χ0v) is 16.8. The lowest BCUT2D eigenvalue weighted by molar-refractivity contribution is -0.385. The molecule has 0 aliphatic heterocycles. The summed E-state index contributed by atoms with van der Waals surface area (Å²) in [7, 11) is 0. The van der Waals surface area contributed by atoms with E-state index in [-0.39, 0.29) is 30.6 Å². The molecule has 10 heteroatoms. The summed E-state index contributed by atoms with van der Waals surface area (Å²) in [5.74, 6) is -1.11. The van der Waals surface area contributed by atoms with E-state index in [1.54, 1.807) is 36.4 Å². The number of hydrogen-bond acceptors (Lipinski definition) is 7. The van der Waals surface area contributed by atoms with E-state index >= 15 is 0 Å². The Morgan fingerprint density at radius 3 is 1.90 bits per heavy atom. The van der Waals surface area contributed by atoms with Crippen LogP contribution < -0.4 is 11.5 Å². The number of hydrogen-bond donors (Lipinski definition) is 3. The highest BCUT2D eigenvalue weighted by Gasteiger charge is 2.19. The Balaban J connectivity index is 2.35. The number of aliphatic carboxylic acids is 1. The average molecular weight is 428 g/mol. The van der Waals surface area contributed by atoms with Crippen molar-refractivity contribution in [3.05, 3.63) is 91.2 Å². The van der Waals surface area contributed by atoms with Gasteiger partial charge in [0.25, 0.3) is 11.4 Å². The third kappa shape index (κ3) is 6.61. The molecule has 1 atom stereocenters. The maximum Gasteiger partial charge on any atom is 0.320 e. The van der Waals surface area contributed by atoms with E-state index in [2.05, 4.69) is 0 Å². The van der Waals surface area contributed by atoms with Crippen molar-refractivity contribution in [1.29, 1.82) is 0 Å². The van der Waals surface area contributed by atoms with Gasteiger partial charge in [0.15, 0.2) is 0 Å². The summed E-state index contributed by atoms with van der Waals surface area (Å²) < 4.78 is 0. The van der Waals surface area contributed by atoms with Crippen molar-refractivity contribution >= 4 is 17.3 Å². The van der Waals surface area contributed by atoms with Crippen LogP contribution in [0.25, 0.3) is 0 Å². The number of nitro groups is 2. The summed E-state index contributed by atoms with van der Waals surface area (Å²) in [6.07, 6.45) is 1.24. The van der Waals surface area contributed by atoms with Crippen molar-refractivity contribution in [2.45, 2.75) is 38.1 Å². The van der Waals surface area contributed by atoms with Gasteiger partial charge in [-0.2, -0.15) is 0 Å². The molecule has 0 aromatic heterocycles. The number of nitrogens with zero attached hydrogens (tertiary/aromatic N) is 2. The van der Waals surface area contributed by atoms with Gasteiger partial charge in [0.1, 0.15) is 6.04 Å². The lowest BCUT2D eigenvalue weighted by atomic mass is 9.94. The number of carboxylic acid groups (broad SMARTS) is 1. The van der Waals surface area contributed by atoms with Crippen LogP contribution in [0.3, 0.4) is 0 Å². The fourth-order valence-electron chi connectivity index (χ4n) is 3.26. The molecule has 10 nitrogen and oxygen atoms in total. The lowest BCUT2D eigenvalue weighted by Crippen LogP contribution is -2.29. The fourth-order valence-corrected chi connectivity index (χ4v) is 3.26. The number of allylic oxidation sites excluding steroid dienone is 2. The summed E-state index contributed by atoms with van der Waals surface area (Å²) in [6, 6.07) is 11.5. The predicted molar refractivity (Wildman–Crippen MR) is 114 cm³/mol. The van der Waals surface area contributed by atoms with Crippen LogP contribution in [0.1, 0.15) is 30.4 Å². The monoisotopic (exact) mass is 428 g/mol. The quantitative estimate of drug-likeness (QED) is 0.361. The molecule has 164 valence electrons. The second kappa shape index (κ2) is 10.8. The molecular formula is C21H24N4O6. The molecule has 5 N–H and O–H groups in total. The van der Waals surface area contributed by atoms with E-state index in [0.29, 0.717) is 35.2 Å². The van der Waals surface area contributed by atoms with Crippen LogP contribution in [0.15, 0.2) is 59.8 Å². The smallest absolute Gasteiger partial charge is 0.320 e. The molecule has 0 heterocycles. The van der Waals surface area contributed by atoms with Crippen LogP contribution in [0, 0.1) is 20.2 Å². The zero-order chi connectivity index (χ0) is 23.0. The van der Waals surface area contributed by atoms with Crippen molar-refractivity contribution in [2.75, 3.05) is 0 Å². The first-order chi connectivity index (χ1) is 14.7. The molecule has 0 aliphatic rings. The molecule has 31 heavy (non-hydrogen) atoms. The number of nitro benzene ring substituents is 2. The van der Waals surface area contributed by atoms with Crippen molar-refractivity contribution in [2.24, 2.45) is 11.5 Å². The Hall–Kier alpha value is -3.79. The Labute approximate surface area is 178 Å². The molecule has 2 aromatic carbocycles. The minimum absolute atomic E-state index is 0.0549. The Morgan fingerprint density at radius 2 is 1.42 bits per heavy atom. The van der Waals surface area contributed by atoms with E-state index in [1.165, 1.54) is 12.1 Å². The molecule has 0 spiro atoms. The highest BCUT2D eigenvalue weighted by atomic mass is 16.6. The van der Waals surface area contributed by atoms with Gasteiger partial charge in [-0.15, -0.1) is 0 Å². The molecule has 0 bridgehead atoms. The van der Waals surface area contributed by atoms with E-state index in [9.17, 15) is 25.0 Å². The van der Waals surface area contributed by atoms with Gasteiger partial charge < -0.3 is 16.6 Å². The lowest BCUT2D eigenvalue weighted by Gasteiger charge is -2.14. The summed E-state index contributed by atoms with van der Waals surface area (Å²) in [4.78, 5) is 32.7. The molecule has 0 aliphatic carbocycles. The maximum atomic E-state index is 11.4. The highest BCUT2D eigenvalue weighted by molar-refractivity contribution is 5.72. The van der Waals surface area contributed by atoms with E-state index in [4.69, 9.17) is 16.6 Å². The average Bonchev–Trinajstić information content (AvgIpc) is 2.73. The topological polar surface area (TPSA) is 176 Å². The first-order valence-electron chi connectivity index (χ1n) is 9.60. The molecule has 0 amide bonds. The Morgan fingerprint density at radius 1 is 0.935 bits per heavy atom. The molecule has 0 radical (unpaired) electrons. The van der Waals surface area contributed by atoms with Gasteiger partial charge in [0, 0.05) is 41.8 Å². The third-order valence-corrected chi connectivity index (χ3v) is 4.93. The number of benzene rings is 2. The first kappa shape index (κ1) is 23.5. The number of rotatable bonds is 11. The summed E-state index contributed by atoms with van der Waals surface area (Å²) in [6.45, 7) is 0. The molecule has 2 aromatic rings. The van der Waals surface area contributed by atoms with Crippen LogP contribution in [0.4, 0.5) is 11.4 Å². The van der Waals surface area contributed by atoms with Crippen LogP contribution in [-0.2, 0) is 17.6 Å². The Kier molecular flexibility index (Phi) is 8.21. The largest absolute Gasteiger partial charge is 0.480 e. The standard InChI is InChI=1S/C21H24N4O6/c22-17(21(26)27)9-5-8-14(12-15-6-1-3-10-19(15)24(28)29)18(23)13-16-7-2-4-11-20(16)25(30)31/h1-4,6-7,10-11,17H,5,8-9,12-13,22-23H2,(H,26,27). The zero-order valence-electron chi connectivity index (χ0n) is 16.8. The van der Waals surface area contributed by atoms with Crippen molar-refractivity contribution in [3.63, 3.8) is 0 Å². The third-order valence-electron chi connectivity index (χ3n) is 4.93. The van der Waals surface area contributed by atoms with Gasteiger partial charge in [0.2, 0.25) is 0 Å². The molecule has 1 unspecified atom stereocenters. The van der Waals surface area contributed by atoms with Crippen LogP contribution in [0.2, 0.25) is 0 Å². The number of carbonyl (C=O) groups is 1. The molecular weight excluding hydrogens is 404 g/mol. The van der Waals surface area contributed by atoms with Gasteiger partial charge in [-0.05, 0) is 24.8 Å². The van der Waals surface area contributed by atoms with Gasteiger partial charge in [-0.1, -0.05) is 36.4 Å². The summed E-state index contributed by atoms with van der Waals surface area (Å²) >= 11 is 0. The SMILES string of the molecule is NC(Cc1ccccc1[N+](=O)[O-])=C(CCCC(N)C(=O)O)Cc1ccccc1[N+](=O)[O-]. The summed E-state index contributed by atoms with van der Waals surface area (Å²) in [5, 5.41) is 31.6. The van der Waals surface area contributed by atoms with Crippen LogP contribution >= 0.6 is 0 Å². The van der Waals surface area contributed by atoms with Gasteiger partial charge in [0.05, 0.1) is 9.85 Å². The first-order valence-corrected chi connectivity index (χ1v) is 9.60. The summed E-state index contributed by atoms with van der Waals surface area (Å²) in [5.41, 5.74) is 13.6. The molecule has 0 saturated heterocycles. The van der Waals surface area contributed by atoms with Gasteiger partial charge >= 0.3 is 5.97 Å². The van der Waals surface area contributed by atoms with E-state index in [1.807, 2.05) is 0 Å². The second-order valence-corrected chi connectivity index (χ2v) is 7.09. The second-order valence-electron chi connectivity index (χ2n) is 7.09. The molecule has 2 rings (SSSR count). The van der Waals surface area contributed by atoms with Crippen molar-refractivity contribution in [3.8, 4) is 0 Å². The highest BCUT2D eigenvalue weighted by Crippen LogP contribution is 2.27. The minimum atomic E-state index is -1.11. The van der Waals surface area contributed by atoms with Crippen LogP contribution in [-0.4, -0.2) is 27.0 Å². The van der Waals surface area contributed by atoms with Gasteiger partial charge in [-0.25, -0.2) is 0 Å². The number of nitrogens with two attached hydrogens (primary N) is 2. The molecule has 0 fully saturated rings. The van der Waals surface area contributed by atoms with Crippen molar-refractivity contribution < 1.29 is 19.7 Å². The minimum Gasteiger partial charge on any atom is -0.480 e. The number of para-hydroxylation sites is 2. The van der Waals surface area contributed by atoms with E-state index < -0.39 is 21.9 Å². The van der Waals surface area contributed by atoms with E-state index in [0.717, 1.165) is 0 Å².